The van der Waals surface area contributed by atoms with Crippen LogP contribution in [0, 0.1) is 5.92 Å². The van der Waals surface area contributed by atoms with Gasteiger partial charge in [0.05, 0.1) is 18.7 Å². The molecule has 1 saturated heterocycles. The lowest BCUT2D eigenvalue weighted by Crippen LogP contribution is -2.47. The molecule has 2 N–H and O–H groups in total. The van der Waals surface area contributed by atoms with Crippen LogP contribution in [0.25, 0.3) is 0 Å². The lowest BCUT2D eigenvalue weighted by molar-refractivity contribution is -0.134. The number of ether oxygens (including phenoxy) is 1. The number of nitrogens with zero attached hydrogens (tertiary/aromatic N) is 2. The number of methoxy groups -OCH3 is 1. The zero-order valence-corrected chi connectivity index (χ0v) is 13.2. The second kappa shape index (κ2) is 6.75. The third-order valence-corrected chi connectivity index (χ3v) is 4.24. The summed E-state index contributed by atoms with van der Waals surface area (Å²) < 4.78 is 5.31. The van der Waals surface area contributed by atoms with Gasteiger partial charge in [-0.25, -0.2) is 0 Å². The number of nitrogens with two attached hydrogens (primary N) is 1. The van der Waals surface area contributed by atoms with Crippen molar-refractivity contribution in [2.45, 2.75) is 51.3 Å². The van der Waals surface area contributed by atoms with Gasteiger partial charge >= 0.3 is 0 Å². The van der Waals surface area contributed by atoms with Crippen molar-refractivity contribution in [1.29, 1.82) is 0 Å². The normalized spacial score (nSPS) is 26.3. The number of carbonyl (C=O) groups is 2. The number of likely N-dealkylation sites (tertiary alicyclic amines) is 1. The Morgan fingerprint density at radius 3 is 2.52 bits per heavy atom. The number of primary amides is 1. The lowest BCUT2D eigenvalue weighted by Gasteiger charge is -2.28. The molecule has 0 radical (unpaired) electrons. The Kier molecular flexibility index (Phi) is 5.22. The van der Waals surface area contributed by atoms with Gasteiger partial charge in [0.25, 0.3) is 0 Å². The summed E-state index contributed by atoms with van der Waals surface area (Å²) in [5.41, 5.74) is 5.45. The van der Waals surface area contributed by atoms with E-state index in [-0.39, 0.29) is 30.5 Å². The van der Waals surface area contributed by atoms with Crippen LogP contribution in [-0.4, -0.2) is 66.5 Å². The van der Waals surface area contributed by atoms with E-state index in [1.165, 1.54) is 0 Å². The lowest BCUT2D eigenvalue weighted by atomic mass is 10.2. The molecule has 1 aliphatic carbocycles. The largest absolute Gasteiger partial charge is 0.380 e. The van der Waals surface area contributed by atoms with Crippen molar-refractivity contribution in [3.05, 3.63) is 0 Å². The van der Waals surface area contributed by atoms with Crippen LogP contribution < -0.4 is 5.73 Å². The Bertz CT molecular complexity index is 396. The molecule has 2 atom stereocenters. The molecule has 1 saturated carbocycles. The molecule has 2 aliphatic rings. The second-order valence-electron chi connectivity index (χ2n) is 6.61. The average molecular weight is 297 g/mol. The molecule has 21 heavy (non-hydrogen) atoms. The molecule has 0 unspecified atom stereocenters. The molecule has 6 nitrogen and oxygen atoms in total. The molecule has 0 bridgehead atoms. The summed E-state index contributed by atoms with van der Waals surface area (Å²) in [6.07, 6.45) is 2.75. The first-order valence-corrected chi connectivity index (χ1v) is 7.78. The first kappa shape index (κ1) is 16.2. The first-order chi connectivity index (χ1) is 9.92. The maximum absolute atomic E-state index is 12.6. The summed E-state index contributed by atoms with van der Waals surface area (Å²) in [5, 5.41) is 0. The number of carbonyl (C=O) groups excluding carboxylic acids is 2. The molecular formula is C15H27N3O3. The van der Waals surface area contributed by atoms with Crippen molar-refractivity contribution in [2.75, 3.05) is 26.7 Å². The standard InChI is InChI=1S/C15H27N3O3/c1-10(2)7-18(11-4-5-11)14(19)9-17-8-12(21-3)6-13(17)15(16)20/h10-13H,4-9H2,1-3H3,(H2,16,20)/t12-,13-/m0/s1. The molecule has 2 fully saturated rings. The van der Waals surface area contributed by atoms with Crippen molar-refractivity contribution < 1.29 is 14.3 Å². The topological polar surface area (TPSA) is 75.9 Å². The highest BCUT2D eigenvalue weighted by Crippen LogP contribution is 2.28. The van der Waals surface area contributed by atoms with Gasteiger partial charge in [-0.2, -0.15) is 0 Å². The van der Waals surface area contributed by atoms with Gasteiger partial charge in [-0.05, 0) is 25.2 Å². The van der Waals surface area contributed by atoms with Crippen LogP contribution in [-0.2, 0) is 14.3 Å². The molecule has 0 spiro atoms. The van der Waals surface area contributed by atoms with E-state index < -0.39 is 0 Å². The van der Waals surface area contributed by atoms with Gasteiger partial charge in [0.1, 0.15) is 0 Å². The Labute approximate surface area is 126 Å². The van der Waals surface area contributed by atoms with Crippen molar-refractivity contribution in [2.24, 2.45) is 11.7 Å². The van der Waals surface area contributed by atoms with Crippen molar-refractivity contribution >= 4 is 11.8 Å². The van der Waals surface area contributed by atoms with Crippen LogP contribution in [0.5, 0.6) is 0 Å². The fourth-order valence-corrected chi connectivity index (χ4v) is 3.00. The number of rotatable bonds is 7. The molecule has 6 heteroatoms. The number of hydrogen-bond acceptors (Lipinski definition) is 4. The van der Waals surface area contributed by atoms with E-state index >= 15 is 0 Å². The minimum Gasteiger partial charge on any atom is -0.380 e. The third kappa shape index (κ3) is 4.17. The number of amides is 2. The minimum absolute atomic E-state index is 0.0187. The Morgan fingerprint density at radius 1 is 1.38 bits per heavy atom. The molecule has 0 aromatic heterocycles. The summed E-state index contributed by atoms with van der Waals surface area (Å²) in [4.78, 5) is 28.0. The second-order valence-corrected chi connectivity index (χ2v) is 6.61. The summed E-state index contributed by atoms with van der Waals surface area (Å²) in [6, 6.07) is 0.00626. The van der Waals surface area contributed by atoms with E-state index in [9.17, 15) is 9.59 Å². The zero-order valence-electron chi connectivity index (χ0n) is 13.2. The molecule has 120 valence electrons. The van der Waals surface area contributed by atoms with E-state index in [1.54, 1.807) is 7.11 Å². The minimum atomic E-state index is -0.390. The summed E-state index contributed by atoms with van der Waals surface area (Å²) in [7, 11) is 1.63. The van der Waals surface area contributed by atoms with E-state index in [0.29, 0.717) is 24.9 Å². The van der Waals surface area contributed by atoms with Crippen LogP contribution >= 0.6 is 0 Å². The van der Waals surface area contributed by atoms with Gasteiger partial charge in [0, 0.05) is 26.2 Å². The van der Waals surface area contributed by atoms with Gasteiger partial charge in [-0.1, -0.05) is 13.8 Å². The quantitative estimate of drug-likeness (QED) is 0.729. The molecule has 0 aromatic carbocycles. The van der Waals surface area contributed by atoms with Crippen LogP contribution in [0.1, 0.15) is 33.1 Å². The van der Waals surface area contributed by atoms with E-state index in [2.05, 4.69) is 13.8 Å². The van der Waals surface area contributed by atoms with Crippen LogP contribution in [0.2, 0.25) is 0 Å². The predicted octanol–water partition coefficient (Wildman–Crippen LogP) is 0.208. The van der Waals surface area contributed by atoms with Gasteiger partial charge in [-0.3, -0.25) is 14.5 Å². The maximum atomic E-state index is 12.6. The highest BCUT2D eigenvalue weighted by atomic mass is 16.5. The monoisotopic (exact) mass is 297 g/mol. The molecule has 2 amide bonds. The van der Waals surface area contributed by atoms with E-state index in [0.717, 1.165) is 19.4 Å². The van der Waals surface area contributed by atoms with Gasteiger partial charge in [-0.15, -0.1) is 0 Å². The van der Waals surface area contributed by atoms with Gasteiger partial charge < -0.3 is 15.4 Å². The smallest absolute Gasteiger partial charge is 0.237 e. The van der Waals surface area contributed by atoms with Crippen LogP contribution in [0.3, 0.4) is 0 Å². The summed E-state index contributed by atoms with van der Waals surface area (Å²) in [5.74, 6) is 0.185. The van der Waals surface area contributed by atoms with Gasteiger partial charge in [0.15, 0.2) is 0 Å². The number of hydrogen-bond donors (Lipinski definition) is 1. The molecular weight excluding hydrogens is 270 g/mol. The van der Waals surface area contributed by atoms with Gasteiger partial charge in [0.2, 0.25) is 11.8 Å². The van der Waals surface area contributed by atoms with Crippen molar-refractivity contribution in [3.63, 3.8) is 0 Å². The SMILES string of the molecule is CO[C@H]1C[C@@H](C(N)=O)N(CC(=O)N(CC(C)C)C2CC2)C1. The van der Waals surface area contributed by atoms with E-state index in [1.807, 2.05) is 9.80 Å². The fraction of sp³-hybridized carbons (Fsp3) is 0.867. The average Bonchev–Trinajstić information content (AvgIpc) is 3.16. The maximum Gasteiger partial charge on any atom is 0.237 e. The third-order valence-electron chi connectivity index (χ3n) is 4.24. The first-order valence-electron chi connectivity index (χ1n) is 7.78. The summed E-state index contributed by atoms with van der Waals surface area (Å²) >= 11 is 0. The summed E-state index contributed by atoms with van der Waals surface area (Å²) in [6.45, 7) is 5.87. The molecule has 1 aliphatic heterocycles. The zero-order chi connectivity index (χ0) is 15.6. The molecule has 2 rings (SSSR count). The van der Waals surface area contributed by atoms with E-state index in [4.69, 9.17) is 10.5 Å². The van der Waals surface area contributed by atoms with Crippen LogP contribution in [0.15, 0.2) is 0 Å². The van der Waals surface area contributed by atoms with Crippen molar-refractivity contribution in [1.82, 2.24) is 9.80 Å². The predicted molar refractivity (Wildman–Crippen MR) is 79.5 cm³/mol. The van der Waals surface area contributed by atoms with Crippen LogP contribution in [0.4, 0.5) is 0 Å². The molecule has 1 heterocycles. The fourth-order valence-electron chi connectivity index (χ4n) is 3.00. The van der Waals surface area contributed by atoms with Crippen molar-refractivity contribution in [3.8, 4) is 0 Å². The highest BCUT2D eigenvalue weighted by Gasteiger charge is 2.39. The Hall–Kier alpha value is -1.14. The molecule has 0 aromatic rings. The highest BCUT2D eigenvalue weighted by molar-refractivity contribution is 5.83. The Balaban J connectivity index is 1.97. The Morgan fingerprint density at radius 2 is 2.05 bits per heavy atom.